The van der Waals surface area contributed by atoms with Gasteiger partial charge in [-0.05, 0) is 31.5 Å². The fraction of sp³-hybridized carbons (Fsp3) is 0.300. The van der Waals surface area contributed by atoms with Crippen LogP contribution in [-0.4, -0.2) is 17.7 Å². The van der Waals surface area contributed by atoms with Gasteiger partial charge in [-0.2, -0.15) is 0 Å². The molecule has 0 saturated carbocycles. The Bertz CT molecular complexity index is 318. The van der Waals surface area contributed by atoms with E-state index in [1.807, 2.05) is 6.92 Å². The number of carboxylic acids is 1. The number of ether oxygens (including phenoxy) is 1. The van der Waals surface area contributed by atoms with E-state index in [-0.39, 0.29) is 0 Å². The minimum atomic E-state index is -0.918. The minimum Gasteiger partial charge on any atom is -0.494 e. The Balaban J connectivity index is 3.04. The Morgan fingerprint density at radius 2 is 2.23 bits per heavy atom. The van der Waals surface area contributed by atoms with E-state index in [0.29, 0.717) is 17.9 Å². The predicted octanol–water partition coefficient (Wildman–Crippen LogP) is 2.09. The first-order valence-electron chi connectivity index (χ1n) is 4.12. The number of benzene rings is 1. The molecule has 0 unspecified atom stereocenters. The van der Waals surface area contributed by atoms with Crippen LogP contribution in [0.3, 0.4) is 0 Å². The number of rotatable bonds is 3. The van der Waals surface area contributed by atoms with Crippen molar-refractivity contribution in [3.8, 4) is 5.75 Å². The van der Waals surface area contributed by atoms with Crippen LogP contribution in [0, 0.1) is 6.92 Å². The van der Waals surface area contributed by atoms with Gasteiger partial charge >= 0.3 is 5.97 Å². The molecule has 0 spiro atoms. The Labute approximate surface area is 77.0 Å². The van der Waals surface area contributed by atoms with Crippen LogP contribution in [0.4, 0.5) is 0 Å². The van der Waals surface area contributed by atoms with Crippen LogP contribution in [0.25, 0.3) is 0 Å². The van der Waals surface area contributed by atoms with Crippen molar-refractivity contribution in [2.24, 2.45) is 0 Å². The summed E-state index contributed by atoms with van der Waals surface area (Å²) in [5.41, 5.74) is 1.04. The average molecular weight is 180 g/mol. The number of aryl methyl sites for hydroxylation is 1. The highest BCUT2D eigenvalue weighted by atomic mass is 16.5. The van der Waals surface area contributed by atoms with Crippen LogP contribution in [0.1, 0.15) is 22.8 Å². The van der Waals surface area contributed by atoms with E-state index < -0.39 is 5.97 Å². The highest BCUT2D eigenvalue weighted by Gasteiger charge is 2.07. The van der Waals surface area contributed by atoms with Crippen LogP contribution in [0.2, 0.25) is 0 Å². The average Bonchev–Trinajstić information content (AvgIpc) is 2.08. The normalized spacial score (nSPS) is 9.69. The molecule has 1 aromatic carbocycles. The van der Waals surface area contributed by atoms with Gasteiger partial charge in [-0.15, -0.1) is 0 Å². The highest BCUT2D eigenvalue weighted by Crippen LogP contribution is 2.17. The van der Waals surface area contributed by atoms with Crippen molar-refractivity contribution in [2.75, 3.05) is 6.61 Å². The maximum absolute atomic E-state index is 10.7. The van der Waals surface area contributed by atoms with Gasteiger partial charge in [0, 0.05) is 0 Å². The predicted molar refractivity (Wildman–Crippen MR) is 49.3 cm³/mol. The van der Waals surface area contributed by atoms with Crippen molar-refractivity contribution >= 4 is 5.97 Å². The molecule has 0 saturated heterocycles. The lowest BCUT2D eigenvalue weighted by molar-refractivity contribution is 0.0695. The van der Waals surface area contributed by atoms with E-state index in [2.05, 4.69) is 0 Å². The number of aromatic carboxylic acids is 1. The third-order valence-electron chi connectivity index (χ3n) is 1.75. The Hall–Kier alpha value is -1.51. The van der Waals surface area contributed by atoms with Crippen molar-refractivity contribution in [3.05, 3.63) is 29.3 Å². The summed E-state index contributed by atoms with van der Waals surface area (Å²) in [6, 6.07) is 5.06. The van der Waals surface area contributed by atoms with Crippen LogP contribution in [-0.2, 0) is 0 Å². The zero-order valence-electron chi connectivity index (χ0n) is 7.70. The second-order valence-corrected chi connectivity index (χ2v) is 2.71. The summed E-state index contributed by atoms with van der Waals surface area (Å²) in [6.45, 7) is 4.17. The summed E-state index contributed by atoms with van der Waals surface area (Å²) in [5.74, 6) is -0.315. The molecule has 0 aliphatic rings. The molecule has 1 N–H and O–H groups in total. The zero-order chi connectivity index (χ0) is 9.84. The Morgan fingerprint density at radius 3 is 2.77 bits per heavy atom. The standard InChI is InChI=1S/C10H12O3/c1-3-13-8-5-4-7(2)9(6-8)10(11)12/h4-6H,3H2,1-2H3,(H,11,12). The highest BCUT2D eigenvalue weighted by molar-refractivity contribution is 5.89. The first-order valence-corrected chi connectivity index (χ1v) is 4.12. The van der Waals surface area contributed by atoms with Crippen molar-refractivity contribution in [1.29, 1.82) is 0 Å². The molecular weight excluding hydrogens is 168 g/mol. The first kappa shape index (κ1) is 9.58. The molecule has 3 nitrogen and oxygen atoms in total. The fourth-order valence-electron chi connectivity index (χ4n) is 1.09. The van der Waals surface area contributed by atoms with E-state index >= 15 is 0 Å². The lowest BCUT2D eigenvalue weighted by Crippen LogP contribution is -2.01. The quantitative estimate of drug-likeness (QED) is 0.774. The number of carbonyl (C=O) groups is 1. The van der Waals surface area contributed by atoms with E-state index in [4.69, 9.17) is 9.84 Å². The van der Waals surface area contributed by atoms with Gasteiger partial charge in [0.1, 0.15) is 5.75 Å². The van der Waals surface area contributed by atoms with Crippen LogP contribution in [0.15, 0.2) is 18.2 Å². The molecule has 0 amide bonds. The van der Waals surface area contributed by atoms with Crippen molar-refractivity contribution in [3.63, 3.8) is 0 Å². The third-order valence-corrected chi connectivity index (χ3v) is 1.75. The maximum Gasteiger partial charge on any atom is 0.336 e. The molecule has 0 atom stereocenters. The molecule has 70 valence electrons. The van der Waals surface area contributed by atoms with Gasteiger partial charge < -0.3 is 9.84 Å². The van der Waals surface area contributed by atoms with Gasteiger partial charge in [0.05, 0.1) is 12.2 Å². The Morgan fingerprint density at radius 1 is 1.54 bits per heavy atom. The molecule has 0 aliphatic carbocycles. The van der Waals surface area contributed by atoms with Crippen LogP contribution < -0.4 is 4.74 Å². The largest absolute Gasteiger partial charge is 0.494 e. The second-order valence-electron chi connectivity index (χ2n) is 2.71. The van der Waals surface area contributed by atoms with Crippen molar-refractivity contribution < 1.29 is 14.6 Å². The topological polar surface area (TPSA) is 46.5 Å². The fourth-order valence-corrected chi connectivity index (χ4v) is 1.09. The molecule has 0 radical (unpaired) electrons. The summed E-state index contributed by atoms with van der Waals surface area (Å²) < 4.78 is 5.19. The molecule has 0 bridgehead atoms. The molecular formula is C10H12O3. The van der Waals surface area contributed by atoms with Crippen LogP contribution in [0.5, 0.6) is 5.75 Å². The van der Waals surface area contributed by atoms with Crippen LogP contribution >= 0.6 is 0 Å². The van der Waals surface area contributed by atoms with E-state index in [1.165, 1.54) is 0 Å². The summed E-state index contributed by atoms with van der Waals surface area (Å²) in [5, 5.41) is 8.80. The minimum absolute atomic E-state index is 0.297. The second kappa shape index (κ2) is 3.94. The molecule has 3 heteroatoms. The molecule has 0 aromatic heterocycles. The summed E-state index contributed by atoms with van der Waals surface area (Å²) in [6.07, 6.45) is 0. The molecule has 13 heavy (non-hydrogen) atoms. The number of carboxylic acid groups (broad SMARTS) is 1. The molecule has 1 rings (SSSR count). The van der Waals surface area contributed by atoms with Gasteiger partial charge in [0.2, 0.25) is 0 Å². The van der Waals surface area contributed by atoms with Gasteiger partial charge in [0.15, 0.2) is 0 Å². The lowest BCUT2D eigenvalue weighted by Gasteiger charge is -2.05. The van der Waals surface area contributed by atoms with Gasteiger partial charge in [-0.25, -0.2) is 4.79 Å². The van der Waals surface area contributed by atoms with Crippen molar-refractivity contribution in [1.82, 2.24) is 0 Å². The number of hydrogen-bond acceptors (Lipinski definition) is 2. The summed E-state index contributed by atoms with van der Waals surface area (Å²) >= 11 is 0. The van der Waals surface area contributed by atoms with E-state index in [1.54, 1.807) is 25.1 Å². The zero-order valence-corrected chi connectivity index (χ0v) is 7.70. The monoisotopic (exact) mass is 180 g/mol. The van der Waals surface area contributed by atoms with Gasteiger partial charge in [-0.1, -0.05) is 6.07 Å². The molecule has 1 aromatic rings. The smallest absolute Gasteiger partial charge is 0.336 e. The molecule has 0 fully saturated rings. The number of hydrogen-bond donors (Lipinski definition) is 1. The van der Waals surface area contributed by atoms with Gasteiger partial charge in [-0.3, -0.25) is 0 Å². The first-order chi connectivity index (χ1) is 6.15. The SMILES string of the molecule is CCOc1ccc(C)c(C(=O)O)c1. The van der Waals surface area contributed by atoms with E-state index in [0.717, 1.165) is 5.56 Å². The summed E-state index contributed by atoms with van der Waals surface area (Å²) in [7, 11) is 0. The molecule has 0 heterocycles. The lowest BCUT2D eigenvalue weighted by atomic mass is 10.1. The molecule has 0 aliphatic heterocycles. The Kier molecular flexibility index (Phi) is 2.90. The van der Waals surface area contributed by atoms with E-state index in [9.17, 15) is 4.79 Å². The third kappa shape index (κ3) is 2.21. The van der Waals surface area contributed by atoms with Crippen molar-refractivity contribution in [2.45, 2.75) is 13.8 Å². The summed E-state index contributed by atoms with van der Waals surface area (Å²) in [4.78, 5) is 10.7. The van der Waals surface area contributed by atoms with Gasteiger partial charge in [0.25, 0.3) is 0 Å². The maximum atomic E-state index is 10.7.